The molecule has 1 unspecified atom stereocenters. The maximum Gasteiger partial charge on any atom is 0.191 e. The molecule has 0 spiro atoms. The van der Waals surface area contributed by atoms with Crippen LogP contribution in [0.25, 0.3) is 0 Å². The average molecular weight is 475 g/mol. The fourth-order valence-electron chi connectivity index (χ4n) is 1.56. The summed E-state index contributed by atoms with van der Waals surface area (Å²) in [5.41, 5.74) is -0.0256. The summed E-state index contributed by atoms with van der Waals surface area (Å²) in [6.45, 7) is 8.13. The zero-order valence-corrected chi connectivity index (χ0v) is 18.3. The lowest BCUT2D eigenvalue weighted by Gasteiger charge is -2.31. The zero-order chi connectivity index (χ0) is 16.8. The molecule has 134 valence electrons. The smallest absolute Gasteiger partial charge is 0.191 e. The Kier molecular flexibility index (Phi) is 10.7. The van der Waals surface area contributed by atoms with Crippen LogP contribution in [0.3, 0.4) is 0 Å². The van der Waals surface area contributed by atoms with Crippen molar-refractivity contribution in [1.29, 1.82) is 0 Å². The fraction of sp³-hybridized carbons (Fsp3) is 0.667. The summed E-state index contributed by atoms with van der Waals surface area (Å²) in [5.74, 6) is 0.708. The number of aliphatic hydroxyl groups excluding tert-OH is 1. The summed E-state index contributed by atoms with van der Waals surface area (Å²) in [6.07, 6.45) is -0.594. The quantitative estimate of drug-likeness (QED) is 0.323. The van der Waals surface area contributed by atoms with Gasteiger partial charge in [-0.1, -0.05) is 11.6 Å². The highest BCUT2D eigenvalue weighted by Gasteiger charge is 2.20. The molecule has 1 atom stereocenters. The van der Waals surface area contributed by atoms with E-state index in [0.29, 0.717) is 23.4 Å². The van der Waals surface area contributed by atoms with Crippen molar-refractivity contribution in [3.63, 3.8) is 0 Å². The van der Waals surface area contributed by atoms with E-state index < -0.39 is 6.10 Å². The summed E-state index contributed by atoms with van der Waals surface area (Å²) < 4.78 is 0.683. The standard InChI is InChI=1S/C15H27ClN4OS.HI/c1-6-17-14(19-10-15(2,3)20(4)5)18-9-11(21)12-7-8-13(16)22-12;/h7-8,11,21H,6,9-10H2,1-5H3,(H2,17,18,19);1H. The van der Waals surface area contributed by atoms with E-state index in [9.17, 15) is 5.11 Å². The van der Waals surface area contributed by atoms with Gasteiger partial charge in [0.2, 0.25) is 0 Å². The predicted octanol–water partition coefficient (Wildman–Crippen LogP) is 2.95. The van der Waals surface area contributed by atoms with E-state index in [0.717, 1.165) is 11.4 Å². The molecular weight excluding hydrogens is 447 g/mol. The van der Waals surface area contributed by atoms with Crippen LogP contribution in [0.4, 0.5) is 0 Å². The Morgan fingerprint density at radius 2 is 2.04 bits per heavy atom. The van der Waals surface area contributed by atoms with Gasteiger partial charge in [-0.05, 0) is 47.0 Å². The SMILES string of the molecule is CCNC(=NCC(C)(C)N(C)C)NCC(O)c1ccc(Cl)s1.I. The normalized spacial score (nSPS) is 13.7. The van der Waals surface area contributed by atoms with Gasteiger partial charge in [-0.25, -0.2) is 0 Å². The highest BCUT2D eigenvalue weighted by molar-refractivity contribution is 14.0. The highest BCUT2D eigenvalue weighted by atomic mass is 127. The van der Waals surface area contributed by atoms with Crippen LogP contribution in [0, 0.1) is 0 Å². The Hall–Kier alpha value is -0.0900. The second kappa shape index (κ2) is 10.7. The first-order valence-electron chi connectivity index (χ1n) is 7.39. The molecule has 1 rings (SSSR count). The molecule has 0 fully saturated rings. The Bertz CT molecular complexity index is 494. The van der Waals surface area contributed by atoms with E-state index in [1.807, 2.05) is 27.1 Å². The van der Waals surface area contributed by atoms with Crippen molar-refractivity contribution in [1.82, 2.24) is 15.5 Å². The monoisotopic (exact) mass is 474 g/mol. The number of aliphatic hydroxyl groups is 1. The summed E-state index contributed by atoms with van der Waals surface area (Å²) in [4.78, 5) is 7.59. The third kappa shape index (κ3) is 8.02. The fourth-order valence-corrected chi connectivity index (χ4v) is 2.60. The van der Waals surface area contributed by atoms with Gasteiger partial charge in [0.25, 0.3) is 0 Å². The molecule has 8 heteroatoms. The molecule has 3 N–H and O–H groups in total. The van der Waals surface area contributed by atoms with Crippen molar-refractivity contribution in [3.05, 3.63) is 21.3 Å². The van der Waals surface area contributed by atoms with Crippen molar-refractivity contribution in [3.8, 4) is 0 Å². The molecule has 1 aromatic rings. The molecule has 1 aromatic heterocycles. The van der Waals surface area contributed by atoms with Crippen LogP contribution >= 0.6 is 46.9 Å². The number of thiophene rings is 1. The van der Waals surface area contributed by atoms with E-state index in [4.69, 9.17) is 11.6 Å². The van der Waals surface area contributed by atoms with Gasteiger partial charge in [0.05, 0.1) is 10.9 Å². The van der Waals surface area contributed by atoms with Gasteiger partial charge >= 0.3 is 0 Å². The number of nitrogens with zero attached hydrogens (tertiary/aromatic N) is 2. The Morgan fingerprint density at radius 1 is 1.39 bits per heavy atom. The molecule has 0 aliphatic carbocycles. The Balaban J connectivity index is 0.00000484. The number of aliphatic imine (C=N–C) groups is 1. The second-order valence-corrected chi connectivity index (χ2v) is 7.69. The third-order valence-electron chi connectivity index (χ3n) is 3.56. The summed E-state index contributed by atoms with van der Waals surface area (Å²) in [5, 5.41) is 16.5. The van der Waals surface area contributed by atoms with Crippen molar-refractivity contribution in [2.75, 3.05) is 33.7 Å². The highest BCUT2D eigenvalue weighted by Crippen LogP contribution is 2.26. The molecule has 1 heterocycles. The van der Waals surface area contributed by atoms with Crippen LogP contribution in [0.2, 0.25) is 4.34 Å². The van der Waals surface area contributed by atoms with E-state index in [-0.39, 0.29) is 29.5 Å². The molecule has 5 nitrogen and oxygen atoms in total. The molecule has 0 saturated carbocycles. The summed E-state index contributed by atoms with van der Waals surface area (Å²) >= 11 is 7.28. The molecule has 0 radical (unpaired) electrons. The topological polar surface area (TPSA) is 59.9 Å². The number of nitrogens with one attached hydrogen (secondary N) is 2. The molecule has 0 bridgehead atoms. The minimum Gasteiger partial charge on any atom is -0.386 e. The molecular formula is C15H28ClIN4OS. The number of likely N-dealkylation sites (N-methyl/N-ethyl adjacent to an activating group) is 1. The third-order valence-corrected chi connectivity index (χ3v) is 4.90. The van der Waals surface area contributed by atoms with Gasteiger partial charge in [-0.3, -0.25) is 4.99 Å². The molecule has 0 aliphatic heterocycles. The zero-order valence-electron chi connectivity index (χ0n) is 14.4. The van der Waals surface area contributed by atoms with Crippen molar-refractivity contribution < 1.29 is 5.11 Å². The van der Waals surface area contributed by atoms with Gasteiger partial charge < -0.3 is 20.6 Å². The van der Waals surface area contributed by atoms with E-state index >= 15 is 0 Å². The largest absolute Gasteiger partial charge is 0.386 e. The van der Waals surface area contributed by atoms with Gasteiger partial charge in [-0.2, -0.15) is 0 Å². The van der Waals surface area contributed by atoms with Crippen LogP contribution in [-0.4, -0.2) is 55.2 Å². The lowest BCUT2D eigenvalue weighted by atomic mass is 10.1. The average Bonchev–Trinajstić information content (AvgIpc) is 2.88. The van der Waals surface area contributed by atoms with Crippen molar-refractivity contribution >= 4 is 52.9 Å². The first-order valence-corrected chi connectivity index (χ1v) is 8.58. The number of halogens is 2. The second-order valence-electron chi connectivity index (χ2n) is 5.94. The maximum atomic E-state index is 10.2. The van der Waals surface area contributed by atoms with Gasteiger partial charge in [0.15, 0.2) is 5.96 Å². The van der Waals surface area contributed by atoms with Crippen LogP contribution in [0.1, 0.15) is 31.8 Å². The lowest BCUT2D eigenvalue weighted by molar-refractivity contribution is 0.184. The first kappa shape index (κ1) is 22.9. The predicted molar refractivity (Wildman–Crippen MR) is 111 cm³/mol. The number of guanidine groups is 1. The van der Waals surface area contributed by atoms with Gasteiger partial charge in [-0.15, -0.1) is 35.3 Å². The maximum absolute atomic E-state index is 10.2. The van der Waals surface area contributed by atoms with Crippen LogP contribution in [0.5, 0.6) is 0 Å². The van der Waals surface area contributed by atoms with Crippen molar-refractivity contribution in [2.24, 2.45) is 4.99 Å². The number of hydrogen-bond donors (Lipinski definition) is 3. The minimum atomic E-state index is -0.594. The van der Waals surface area contributed by atoms with E-state index in [2.05, 4.69) is 34.4 Å². The van der Waals surface area contributed by atoms with E-state index in [1.165, 1.54) is 11.3 Å². The van der Waals surface area contributed by atoms with Gasteiger partial charge in [0, 0.05) is 23.5 Å². The van der Waals surface area contributed by atoms with Crippen LogP contribution in [0.15, 0.2) is 17.1 Å². The van der Waals surface area contributed by atoms with Gasteiger partial charge in [0.1, 0.15) is 6.10 Å². The van der Waals surface area contributed by atoms with E-state index in [1.54, 1.807) is 6.07 Å². The Labute approximate surface area is 165 Å². The van der Waals surface area contributed by atoms with Crippen LogP contribution in [-0.2, 0) is 0 Å². The van der Waals surface area contributed by atoms with Crippen molar-refractivity contribution in [2.45, 2.75) is 32.4 Å². The summed E-state index contributed by atoms with van der Waals surface area (Å²) in [7, 11) is 4.08. The number of rotatable bonds is 7. The minimum absolute atomic E-state index is 0. The summed E-state index contributed by atoms with van der Waals surface area (Å²) in [6, 6.07) is 3.64. The molecule has 0 aliphatic rings. The molecule has 23 heavy (non-hydrogen) atoms. The first-order chi connectivity index (χ1) is 10.3. The Morgan fingerprint density at radius 3 is 2.52 bits per heavy atom. The molecule has 0 aromatic carbocycles. The van der Waals surface area contributed by atoms with Crippen LogP contribution < -0.4 is 10.6 Å². The molecule has 0 saturated heterocycles. The number of hydrogen-bond acceptors (Lipinski definition) is 4. The lowest BCUT2D eigenvalue weighted by Crippen LogP contribution is -2.44. The molecule has 0 amide bonds.